The van der Waals surface area contributed by atoms with Gasteiger partial charge in [-0.25, -0.2) is 0 Å². The summed E-state index contributed by atoms with van der Waals surface area (Å²) in [5.74, 6) is -1.74. The van der Waals surface area contributed by atoms with Crippen LogP contribution in [0.25, 0.3) is 0 Å². The van der Waals surface area contributed by atoms with Crippen molar-refractivity contribution >= 4 is 11.9 Å². The van der Waals surface area contributed by atoms with E-state index in [-0.39, 0.29) is 12.8 Å². The quantitative estimate of drug-likeness (QED) is 0.485. The normalized spacial score (nSPS) is 8.80. The van der Waals surface area contributed by atoms with Gasteiger partial charge in [0.05, 0.1) is 0 Å². The molecule has 0 aliphatic rings. The zero-order chi connectivity index (χ0) is 16.2. The molecule has 0 aromatic heterocycles. The molecule has 122 valence electrons. The Bertz CT molecular complexity index is 185. The minimum Gasteiger partial charge on any atom is -0.481 e. The fraction of sp³-hybridized carbons (Fsp3) is 0.857. The van der Waals surface area contributed by atoms with E-state index in [1.165, 1.54) is 0 Å². The highest BCUT2D eigenvalue weighted by Gasteiger charge is 1.99. The molecule has 4 N–H and O–H groups in total. The molecule has 0 fully saturated rings. The lowest BCUT2D eigenvalue weighted by Gasteiger charge is -1.92. The highest BCUT2D eigenvalue weighted by atomic mass is 16.4. The Labute approximate surface area is 123 Å². The number of rotatable bonds is 9. The van der Waals surface area contributed by atoms with Crippen molar-refractivity contribution in [2.45, 2.75) is 53.4 Å². The third-order valence-corrected chi connectivity index (χ3v) is 2.03. The van der Waals surface area contributed by atoms with Gasteiger partial charge in [-0.3, -0.25) is 9.59 Å². The van der Waals surface area contributed by atoms with E-state index in [0.29, 0.717) is 12.8 Å². The summed E-state index contributed by atoms with van der Waals surface area (Å²) in [7, 11) is 0. The van der Waals surface area contributed by atoms with E-state index in [0.717, 1.165) is 26.2 Å². The predicted octanol–water partition coefficient (Wildman–Crippen LogP) is 1.95. The van der Waals surface area contributed by atoms with E-state index < -0.39 is 11.9 Å². The van der Waals surface area contributed by atoms with Crippen LogP contribution in [0.4, 0.5) is 0 Å². The SMILES string of the molecule is CCNCC.CCNCC.O=C(O)CCCCC(=O)O. The minimum atomic E-state index is -0.870. The van der Waals surface area contributed by atoms with Crippen LogP contribution in [0.2, 0.25) is 0 Å². The van der Waals surface area contributed by atoms with E-state index in [9.17, 15) is 9.59 Å². The molecular formula is C14H32N2O4. The summed E-state index contributed by atoms with van der Waals surface area (Å²) in [6.07, 6.45) is 1.02. The first-order chi connectivity index (χ1) is 9.45. The van der Waals surface area contributed by atoms with E-state index in [2.05, 4.69) is 38.3 Å². The summed E-state index contributed by atoms with van der Waals surface area (Å²) < 4.78 is 0. The van der Waals surface area contributed by atoms with Gasteiger partial charge in [-0.15, -0.1) is 0 Å². The summed E-state index contributed by atoms with van der Waals surface area (Å²) in [6, 6.07) is 0. The lowest BCUT2D eigenvalue weighted by molar-refractivity contribution is -0.139. The van der Waals surface area contributed by atoms with Gasteiger partial charge in [0.25, 0.3) is 0 Å². The fourth-order valence-corrected chi connectivity index (χ4v) is 1.05. The summed E-state index contributed by atoms with van der Waals surface area (Å²) in [6.45, 7) is 12.8. The van der Waals surface area contributed by atoms with E-state index in [1.54, 1.807) is 0 Å². The monoisotopic (exact) mass is 292 g/mol. The Morgan fingerprint density at radius 2 is 0.950 bits per heavy atom. The van der Waals surface area contributed by atoms with Crippen LogP contribution in [0.15, 0.2) is 0 Å². The first kappa shape index (κ1) is 23.9. The smallest absolute Gasteiger partial charge is 0.303 e. The standard InChI is InChI=1S/C6H10O4.2C4H11N/c7-5(8)3-1-2-4-6(9)10;2*1-3-5-4-2/h1-4H2,(H,7,8)(H,9,10);2*5H,3-4H2,1-2H3. The molecule has 20 heavy (non-hydrogen) atoms. The van der Waals surface area contributed by atoms with Gasteiger partial charge in [0, 0.05) is 12.8 Å². The molecule has 0 spiro atoms. The van der Waals surface area contributed by atoms with Gasteiger partial charge in [0.2, 0.25) is 0 Å². The number of carbonyl (C=O) groups is 2. The van der Waals surface area contributed by atoms with Crippen LogP contribution in [-0.2, 0) is 9.59 Å². The van der Waals surface area contributed by atoms with Crippen LogP contribution < -0.4 is 10.6 Å². The summed E-state index contributed by atoms with van der Waals surface area (Å²) in [5, 5.41) is 22.5. The molecule has 0 aliphatic heterocycles. The number of carboxylic acid groups (broad SMARTS) is 2. The Hall–Kier alpha value is -1.14. The van der Waals surface area contributed by atoms with Gasteiger partial charge < -0.3 is 20.8 Å². The molecule has 0 unspecified atom stereocenters. The van der Waals surface area contributed by atoms with Crippen molar-refractivity contribution in [1.29, 1.82) is 0 Å². The molecule has 0 atom stereocenters. The van der Waals surface area contributed by atoms with Crippen LogP contribution in [0, 0.1) is 0 Å². The Morgan fingerprint density at radius 3 is 1.05 bits per heavy atom. The van der Waals surface area contributed by atoms with Gasteiger partial charge in [-0.2, -0.15) is 0 Å². The largest absolute Gasteiger partial charge is 0.481 e. The Balaban J connectivity index is -0.000000244. The molecule has 0 aliphatic carbocycles. The summed E-state index contributed by atoms with van der Waals surface area (Å²) >= 11 is 0. The van der Waals surface area contributed by atoms with Crippen molar-refractivity contribution in [3.05, 3.63) is 0 Å². The first-order valence-electron chi connectivity index (χ1n) is 7.31. The Kier molecular flexibility index (Phi) is 27.5. The van der Waals surface area contributed by atoms with Crippen LogP contribution in [0.1, 0.15) is 53.4 Å². The van der Waals surface area contributed by atoms with Crippen molar-refractivity contribution in [3.63, 3.8) is 0 Å². The molecule has 0 rings (SSSR count). The molecule has 0 saturated heterocycles. The molecule has 6 heteroatoms. The summed E-state index contributed by atoms with van der Waals surface area (Å²) in [5.41, 5.74) is 0. The maximum Gasteiger partial charge on any atom is 0.303 e. The molecular weight excluding hydrogens is 260 g/mol. The van der Waals surface area contributed by atoms with Gasteiger partial charge >= 0.3 is 11.9 Å². The zero-order valence-electron chi connectivity index (χ0n) is 13.4. The number of hydrogen-bond acceptors (Lipinski definition) is 4. The van der Waals surface area contributed by atoms with Gasteiger partial charge in [0.1, 0.15) is 0 Å². The molecule has 0 aromatic rings. The van der Waals surface area contributed by atoms with Crippen LogP contribution in [-0.4, -0.2) is 48.3 Å². The number of carboxylic acids is 2. The molecule has 0 amide bonds. The zero-order valence-corrected chi connectivity index (χ0v) is 13.4. The van der Waals surface area contributed by atoms with Gasteiger partial charge in [-0.1, -0.05) is 27.7 Å². The van der Waals surface area contributed by atoms with Gasteiger partial charge in [0.15, 0.2) is 0 Å². The number of unbranched alkanes of at least 4 members (excludes halogenated alkanes) is 1. The third kappa shape index (κ3) is 43.6. The lowest BCUT2D eigenvalue weighted by atomic mass is 10.2. The maximum atomic E-state index is 9.90. The van der Waals surface area contributed by atoms with Crippen molar-refractivity contribution in [2.75, 3.05) is 26.2 Å². The Morgan fingerprint density at radius 1 is 0.700 bits per heavy atom. The number of hydrogen-bond donors (Lipinski definition) is 4. The van der Waals surface area contributed by atoms with Crippen LogP contribution in [0.5, 0.6) is 0 Å². The molecule has 0 heterocycles. The second-order valence-electron chi connectivity index (χ2n) is 3.91. The summed E-state index contributed by atoms with van der Waals surface area (Å²) in [4.78, 5) is 19.8. The first-order valence-corrected chi connectivity index (χ1v) is 7.31. The van der Waals surface area contributed by atoms with Gasteiger partial charge in [-0.05, 0) is 39.0 Å². The second kappa shape index (κ2) is 23.0. The average Bonchev–Trinajstić information content (AvgIpc) is 2.38. The van der Waals surface area contributed by atoms with Crippen LogP contribution in [0.3, 0.4) is 0 Å². The highest BCUT2D eigenvalue weighted by Crippen LogP contribution is 1.98. The van der Waals surface area contributed by atoms with Crippen molar-refractivity contribution in [1.82, 2.24) is 10.6 Å². The third-order valence-electron chi connectivity index (χ3n) is 2.03. The highest BCUT2D eigenvalue weighted by molar-refractivity contribution is 5.67. The van der Waals surface area contributed by atoms with Crippen molar-refractivity contribution < 1.29 is 19.8 Å². The molecule has 0 saturated carbocycles. The van der Waals surface area contributed by atoms with E-state index >= 15 is 0 Å². The second-order valence-corrected chi connectivity index (χ2v) is 3.91. The molecule has 6 nitrogen and oxygen atoms in total. The topological polar surface area (TPSA) is 98.7 Å². The van der Waals surface area contributed by atoms with E-state index in [4.69, 9.17) is 10.2 Å². The average molecular weight is 292 g/mol. The number of nitrogens with one attached hydrogen (secondary N) is 2. The molecule has 0 bridgehead atoms. The van der Waals surface area contributed by atoms with Crippen molar-refractivity contribution in [2.24, 2.45) is 0 Å². The van der Waals surface area contributed by atoms with Crippen LogP contribution >= 0.6 is 0 Å². The molecule has 0 radical (unpaired) electrons. The van der Waals surface area contributed by atoms with Crippen molar-refractivity contribution in [3.8, 4) is 0 Å². The lowest BCUT2D eigenvalue weighted by Crippen LogP contribution is -2.09. The minimum absolute atomic E-state index is 0.0628. The van der Waals surface area contributed by atoms with E-state index in [1.807, 2.05) is 0 Å². The number of aliphatic carboxylic acids is 2. The fourth-order valence-electron chi connectivity index (χ4n) is 1.05. The maximum absolute atomic E-state index is 9.90. The predicted molar refractivity (Wildman–Crippen MR) is 82.2 cm³/mol. The molecule has 0 aromatic carbocycles.